The molecule has 0 aliphatic carbocycles. The molecule has 2 aromatic rings. The maximum Gasteiger partial charge on any atom is 0.409 e. The Kier molecular flexibility index (Phi) is 6.10. The van der Waals surface area contributed by atoms with Gasteiger partial charge < -0.3 is 19.5 Å². The van der Waals surface area contributed by atoms with Gasteiger partial charge in [-0.2, -0.15) is 0 Å². The average Bonchev–Trinajstić information content (AvgIpc) is 3.01. The van der Waals surface area contributed by atoms with E-state index in [4.69, 9.17) is 19.2 Å². The van der Waals surface area contributed by atoms with E-state index in [0.29, 0.717) is 6.54 Å². The highest BCUT2D eigenvalue weighted by Gasteiger charge is 2.30. The van der Waals surface area contributed by atoms with Crippen LogP contribution in [0.2, 0.25) is 0 Å². The maximum absolute atomic E-state index is 11.9. The van der Waals surface area contributed by atoms with Gasteiger partial charge in [0.1, 0.15) is 17.4 Å². The smallest absolute Gasteiger partial charge is 0.409 e. The van der Waals surface area contributed by atoms with Gasteiger partial charge in [0.25, 0.3) is 0 Å². The van der Waals surface area contributed by atoms with E-state index >= 15 is 0 Å². The average molecular weight is 402 g/mol. The van der Waals surface area contributed by atoms with Crippen LogP contribution in [0.5, 0.6) is 0 Å². The van der Waals surface area contributed by atoms with Gasteiger partial charge in [0.15, 0.2) is 0 Å². The maximum atomic E-state index is 11.9. The number of rotatable bonds is 4. The van der Waals surface area contributed by atoms with Gasteiger partial charge in [-0.3, -0.25) is 0 Å². The van der Waals surface area contributed by atoms with Crippen LogP contribution in [0.3, 0.4) is 0 Å². The molecule has 2 atom stereocenters. The Balaban J connectivity index is 1.91. The minimum Gasteiger partial charge on any atom is -0.453 e. The molecule has 29 heavy (non-hydrogen) atoms. The Morgan fingerprint density at radius 1 is 1.28 bits per heavy atom. The van der Waals surface area contributed by atoms with Crippen molar-refractivity contribution < 1.29 is 14.1 Å². The number of amides is 1. The normalized spacial score (nSPS) is 19.5. The number of aromatic nitrogens is 3. The molecule has 3 rings (SSSR count). The zero-order valence-corrected chi connectivity index (χ0v) is 18.4. The Bertz CT molecular complexity index is 873. The van der Waals surface area contributed by atoms with Crippen molar-refractivity contribution in [2.75, 3.05) is 19.0 Å². The van der Waals surface area contributed by atoms with Crippen LogP contribution in [0.4, 0.5) is 10.6 Å². The van der Waals surface area contributed by atoms with Crippen molar-refractivity contribution in [2.24, 2.45) is 0 Å². The standard InChI is InChI=1S/C21H31N5O3/c1-11(2)19-23-18(17-14(5)25-29-15(17)6)13(4)20(24-19)22-16-8-9-26(12(3)10-16)21(27)28-7/h11-12,16H,8-10H2,1-7H3,(H,22,23,24)/t12-,16-/m0/s1. The molecule has 0 spiro atoms. The van der Waals surface area contributed by atoms with Crippen LogP contribution in [-0.4, -0.2) is 51.9 Å². The molecule has 158 valence electrons. The van der Waals surface area contributed by atoms with Gasteiger partial charge in [0, 0.05) is 30.1 Å². The summed E-state index contributed by atoms with van der Waals surface area (Å²) in [6, 6.07) is 0.319. The summed E-state index contributed by atoms with van der Waals surface area (Å²) in [4.78, 5) is 23.3. The number of ether oxygens (including phenoxy) is 1. The van der Waals surface area contributed by atoms with E-state index in [-0.39, 0.29) is 24.1 Å². The van der Waals surface area contributed by atoms with Crippen LogP contribution in [0.15, 0.2) is 4.52 Å². The first-order valence-electron chi connectivity index (χ1n) is 10.2. The lowest BCUT2D eigenvalue weighted by molar-refractivity contribution is 0.0920. The molecule has 1 aliphatic heterocycles. The van der Waals surface area contributed by atoms with Crippen LogP contribution in [0.1, 0.15) is 62.4 Å². The Morgan fingerprint density at radius 2 is 2.00 bits per heavy atom. The Morgan fingerprint density at radius 3 is 2.55 bits per heavy atom. The highest BCUT2D eigenvalue weighted by atomic mass is 16.5. The topological polar surface area (TPSA) is 93.4 Å². The number of piperidine rings is 1. The third-order valence-corrected chi connectivity index (χ3v) is 5.58. The fourth-order valence-electron chi connectivity index (χ4n) is 3.88. The van der Waals surface area contributed by atoms with E-state index < -0.39 is 0 Å². The van der Waals surface area contributed by atoms with Crippen molar-refractivity contribution >= 4 is 11.9 Å². The molecule has 1 aliphatic rings. The third-order valence-electron chi connectivity index (χ3n) is 5.58. The van der Waals surface area contributed by atoms with Gasteiger partial charge in [-0.1, -0.05) is 19.0 Å². The third kappa shape index (κ3) is 4.21. The first-order valence-corrected chi connectivity index (χ1v) is 10.2. The molecule has 0 unspecified atom stereocenters. The molecule has 1 saturated heterocycles. The lowest BCUT2D eigenvalue weighted by Gasteiger charge is -2.37. The van der Waals surface area contributed by atoms with Crippen molar-refractivity contribution in [3.63, 3.8) is 0 Å². The summed E-state index contributed by atoms with van der Waals surface area (Å²) in [5.41, 5.74) is 3.60. The van der Waals surface area contributed by atoms with Crippen molar-refractivity contribution in [1.82, 2.24) is 20.0 Å². The number of carbonyl (C=O) groups is 1. The first kappa shape index (κ1) is 21.1. The number of hydrogen-bond donors (Lipinski definition) is 1. The Labute approximate surface area is 172 Å². The molecule has 8 nitrogen and oxygen atoms in total. The summed E-state index contributed by atoms with van der Waals surface area (Å²) in [5, 5.41) is 7.70. The molecule has 2 aromatic heterocycles. The van der Waals surface area contributed by atoms with Gasteiger partial charge in [0.2, 0.25) is 0 Å². The van der Waals surface area contributed by atoms with Crippen molar-refractivity contribution in [3.05, 3.63) is 22.8 Å². The van der Waals surface area contributed by atoms with E-state index in [2.05, 4.69) is 24.3 Å². The summed E-state index contributed by atoms with van der Waals surface area (Å²) in [7, 11) is 1.42. The number of nitrogens with one attached hydrogen (secondary N) is 1. The quantitative estimate of drug-likeness (QED) is 0.820. The predicted octanol–water partition coefficient (Wildman–Crippen LogP) is 4.21. The molecule has 3 heterocycles. The van der Waals surface area contributed by atoms with Crippen LogP contribution >= 0.6 is 0 Å². The molecule has 0 bridgehead atoms. The number of nitrogens with zero attached hydrogens (tertiary/aromatic N) is 4. The molecule has 1 amide bonds. The van der Waals surface area contributed by atoms with Gasteiger partial charge in [-0.05, 0) is 40.5 Å². The summed E-state index contributed by atoms with van der Waals surface area (Å²) in [6.07, 6.45) is 1.40. The van der Waals surface area contributed by atoms with E-state index in [1.165, 1.54) is 7.11 Å². The highest BCUT2D eigenvalue weighted by molar-refractivity contribution is 5.71. The van der Waals surface area contributed by atoms with Gasteiger partial charge in [-0.25, -0.2) is 14.8 Å². The van der Waals surface area contributed by atoms with Gasteiger partial charge in [-0.15, -0.1) is 0 Å². The van der Waals surface area contributed by atoms with Crippen LogP contribution < -0.4 is 5.32 Å². The lowest BCUT2D eigenvalue weighted by Crippen LogP contribution is -2.48. The monoisotopic (exact) mass is 401 g/mol. The van der Waals surface area contributed by atoms with Crippen molar-refractivity contribution in [1.29, 1.82) is 0 Å². The molecule has 8 heteroatoms. The van der Waals surface area contributed by atoms with Crippen molar-refractivity contribution in [3.8, 4) is 11.3 Å². The van der Waals surface area contributed by atoms with E-state index in [9.17, 15) is 4.79 Å². The number of methoxy groups -OCH3 is 1. The number of aryl methyl sites for hydroxylation is 2. The second-order valence-corrected chi connectivity index (χ2v) is 8.14. The lowest BCUT2D eigenvalue weighted by atomic mass is 9.98. The van der Waals surface area contributed by atoms with Gasteiger partial charge >= 0.3 is 6.09 Å². The minimum atomic E-state index is -0.267. The van der Waals surface area contributed by atoms with Crippen molar-refractivity contribution in [2.45, 2.75) is 72.4 Å². The molecular formula is C21H31N5O3. The summed E-state index contributed by atoms with van der Waals surface area (Å²) >= 11 is 0. The van der Waals surface area contributed by atoms with Crippen LogP contribution in [-0.2, 0) is 4.74 Å². The van der Waals surface area contributed by atoms with E-state index in [1.54, 1.807) is 4.90 Å². The summed E-state index contributed by atoms with van der Waals surface area (Å²) in [5.74, 6) is 2.57. The van der Waals surface area contributed by atoms with E-state index in [0.717, 1.165) is 52.8 Å². The van der Waals surface area contributed by atoms with E-state index in [1.807, 2.05) is 27.7 Å². The highest BCUT2D eigenvalue weighted by Crippen LogP contribution is 2.33. The first-order chi connectivity index (χ1) is 13.7. The molecule has 0 aromatic carbocycles. The summed E-state index contributed by atoms with van der Waals surface area (Å²) < 4.78 is 10.3. The SMILES string of the molecule is COC(=O)N1CC[C@H](Nc2nc(C(C)C)nc(-c3c(C)noc3C)c2C)C[C@@H]1C. The Hall–Kier alpha value is -2.64. The van der Waals surface area contributed by atoms with Gasteiger partial charge in [0.05, 0.1) is 24.1 Å². The molecule has 1 fully saturated rings. The van der Waals surface area contributed by atoms with Crippen LogP contribution in [0, 0.1) is 20.8 Å². The number of likely N-dealkylation sites (tertiary alicyclic amines) is 1. The zero-order valence-electron chi connectivity index (χ0n) is 18.4. The number of anilines is 1. The fourth-order valence-corrected chi connectivity index (χ4v) is 3.88. The molecule has 1 N–H and O–H groups in total. The number of carbonyl (C=O) groups excluding carboxylic acids is 1. The second kappa shape index (κ2) is 8.39. The molecule has 0 saturated carbocycles. The predicted molar refractivity (Wildman–Crippen MR) is 111 cm³/mol. The zero-order chi connectivity index (χ0) is 21.3. The molecular weight excluding hydrogens is 370 g/mol. The minimum absolute atomic E-state index is 0.0995. The second-order valence-electron chi connectivity index (χ2n) is 8.14. The largest absolute Gasteiger partial charge is 0.453 e. The van der Waals surface area contributed by atoms with Crippen LogP contribution in [0.25, 0.3) is 11.3 Å². The molecule has 0 radical (unpaired) electrons. The fraction of sp³-hybridized carbons (Fsp3) is 0.619. The number of hydrogen-bond acceptors (Lipinski definition) is 7. The summed E-state index contributed by atoms with van der Waals surface area (Å²) in [6.45, 7) is 12.7.